The van der Waals surface area contributed by atoms with Crippen molar-refractivity contribution in [3.05, 3.63) is 35.5 Å². The summed E-state index contributed by atoms with van der Waals surface area (Å²) in [6, 6.07) is 6.33. The summed E-state index contributed by atoms with van der Waals surface area (Å²) in [7, 11) is 1.96. The normalized spacial score (nSPS) is 11.1. The maximum Gasteiger partial charge on any atom is 0.123 e. The van der Waals surface area contributed by atoms with E-state index < -0.39 is 0 Å². The zero-order valence-corrected chi connectivity index (χ0v) is 9.95. The summed E-state index contributed by atoms with van der Waals surface area (Å²) >= 11 is 1.68. The van der Waals surface area contributed by atoms with Crippen LogP contribution in [-0.4, -0.2) is 14.8 Å². The molecule has 80 valence electrons. The molecule has 0 aliphatic carbocycles. The Balaban J connectivity index is 2.21. The van der Waals surface area contributed by atoms with Crippen LogP contribution in [0.2, 0.25) is 0 Å². The van der Waals surface area contributed by atoms with Gasteiger partial charge in [-0.05, 0) is 13.0 Å². The number of fused-ring (bicyclic) bond motifs is 1. The molecule has 0 fully saturated rings. The first kappa shape index (κ1) is 9.54. The smallest absolute Gasteiger partial charge is 0.123 e. The molecule has 1 aromatic carbocycles. The largest absolute Gasteiger partial charge is 0.268 e. The molecule has 2 heterocycles. The highest BCUT2D eigenvalue weighted by molar-refractivity contribution is 7.13. The summed E-state index contributed by atoms with van der Waals surface area (Å²) in [4.78, 5) is 4.49. The Kier molecular flexibility index (Phi) is 2.04. The van der Waals surface area contributed by atoms with Gasteiger partial charge in [-0.15, -0.1) is 11.3 Å². The molecule has 0 radical (unpaired) electrons. The molecule has 3 aromatic rings. The minimum Gasteiger partial charge on any atom is -0.268 e. The minimum absolute atomic E-state index is 1.07. The van der Waals surface area contributed by atoms with Crippen molar-refractivity contribution in [2.45, 2.75) is 6.92 Å². The van der Waals surface area contributed by atoms with Gasteiger partial charge in [0.25, 0.3) is 0 Å². The van der Waals surface area contributed by atoms with Crippen molar-refractivity contribution >= 4 is 22.2 Å². The molecule has 0 amide bonds. The Morgan fingerprint density at radius 2 is 2.19 bits per heavy atom. The quantitative estimate of drug-likeness (QED) is 0.642. The van der Waals surface area contributed by atoms with Crippen LogP contribution in [0.5, 0.6) is 0 Å². The first-order chi connectivity index (χ1) is 7.74. The number of hydrogen-bond acceptors (Lipinski definition) is 3. The van der Waals surface area contributed by atoms with Crippen LogP contribution in [0.3, 0.4) is 0 Å². The van der Waals surface area contributed by atoms with E-state index in [1.807, 2.05) is 24.9 Å². The van der Waals surface area contributed by atoms with Gasteiger partial charge in [-0.1, -0.05) is 12.1 Å². The maximum atomic E-state index is 4.49. The minimum atomic E-state index is 1.07. The number of rotatable bonds is 1. The Hall–Kier alpha value is -1.68. The molecule has 0 bridgehead atoms. The Labute approximate surface area is 97.4 Å². The van der Waals surface area contributed by atoms with E-state index in [9.17, 15) is 0 Å². The highest BCUT2D eigenvalue weighted by Gasteiger charge is 2.05. The van der Waals surface area contributed by atoms with Crippen LogP contribution >= 0.6 is 11.3 Å². The molecular weight excluding hydrogens is 218 g/mol. The van der Waals surface area contributed by atoms with Gasteiger partial charge >= 0.3 is 0 Å². The van der Waals surface area contributed by atoms with Crippen LogP contribution in [0.15, 0.2) is 29.8 Å². The van der Waals surface area contributed by atoms with Gasteiger partial charge in [0.15, 0.2) is 0 Å². The zero-order chi connectivity index (χ0) is 11.1. The Morgan fingerprint density at radius 1 is 1.31 bits per heavy atom. The Morgan fingerprint density at radius 3 is 2.94 bits per heavy atom. The molecule has 4 heteroatoms. The van der Waals surface area contributed by atoms with E-state index in [0.717, 1.165) is 21.8 Å². The molecule has 0 N–H and O–H groups in total. The predicted molar refractivity (Wildman–Crippen MR) is 66.6 cm³/mol. The Bertz CT molecular complexity index is 651. The van der Waals surface area contributed by atoms with Crippen LogP contribution < -0.4 is 0 Å². The number of aryl methyl sites for hydroxylation is 2. The first-order valence-electron chi connectivity index (χ1n) is 5.08. The first-order valence-corrected chi connectivity index (χ1v) is 5.96. The number of aromatic nitrogens is 3. The third-order valence-corrected chi connectivity index (χ3v) is 3.62. The average molecular weight is 229 g/mol. The molecule has 0 spiro atoms. The van der Waals surface area contributed by atoms with E-state index in [2.05, 4.69) is 33.7 Å². The third-order valence-electron chi connectivity index (χ3n) is 2.62. The second kappa shape index (κ2) is 3.42. The van der Waals surface area contributed by atoms with Crippen molar-refractivity contribution in [2.75, 3.05) is 0 Å². The van der Waals surface area contributed by atoms with Gasteiger partial charge in [0.2, 0.25) is 0 Å². The van der Waals surface area contributed by atoms with Gasteiger partial charge in [0.05, 0.1) is 11.7 Å². The lowest BCUT2D eigenvalue weighted by Crippen LogP contribution is -1.88. The molecule has 0 saturated heterocycles. The van der Waals surface area contributed by atoms with Gasteiger partial charge in [-0.3, -0.25) is 4.68 Å². The molecule has 3 rings (SSSR count). The SMILES string of the molecule is Cc1csc(-c2ccc3cnn(C)c3c2)n1. The highest BCUT2D eigenvalue weighted by atomic mass is 32.1. The fraction of sp³-hybridized carbons (Fsp3) is 0.167. The molecule has 0 unspecified atom stereocenters. The van der Waals surface area contributed by atoms with Crippen LogP contribution in [0.1, 0.15) is 5.69 Å². The second-order valence-corrected chi connectivity index (χ2v) is 4.69. The predicted octanol–water partition coefficient (Wildman–Crippen LogP) is 3.01. The summed E-state index contributed by atoms with van der Waals surface area (Å²) < 4.78 is 1.89. The molecule has 0 saturated carbocycles. The maximum absolute atomic E-state index is 4.49. The van der Waals surface area contributed by atoms with Crippen molar-refractivity contribution in [3.8, 4) is 10.6 Å². The standard InChI is InChI=1S/C12H11N3S/c1-8-7-16-12(14-8)9-3-4-10-6-13-15(2)11(10)5-9/h3-7H,1-2H3. The van der Waals surface area contributed by atoms with E-state index in [4.69, 9.17) is 0 Å². The van der Waals surface area contributed by atoms with Crippen LogP contribution in [0.25, 0.3) is 21.5 Å². The summed E-state index contributed by atoms with van der Waals surface area (Å²) in [5, 5.41) is 8.54. The fourth-order valence-electron chi connectivity index (χ4n) is 1.76. The topological polar surface area (TPSA) is 30.7 Å². The van der Waals surface area contributed by atoms with E-state index in [-0.39, 0.29) is 0 Å². The van der Waals surface area contributed by atoms with Crippen molar-refractivity contribution in [3.63, 3.8) is 0 Å². The number of benzene rings is 1. The van der Waals surface area contributed by atoms with Crippen molar-refractivity contribution in [1.29, 1.82) is 0 Å². The van der Waals surface area contributed by atoms with Crippen molar-refractivity contribution in [1.82, 2.24) is 14.8 Å². The number of nitrogens with zero attached hydrogens (tertiary/aromatic N) is 3. The van der Waals surface area contributed by atoms with Crippen LogP contribution in [-0.2, 0) is 7.05 Å². The molecule has 16 heavy (non-hydrogen) atoms. The number of hydrogen-bond donors (Lipinski definition) is 0. The average Bonchev–Trinajstić information content (AvgIpc) is 2.86. The monoisotopic (exact) mass is 229 g/mol. The van der Waals surface area contributed by atoms with Crippen molar-refractivity contribution in [2.24, 2.45) is 7.05 Å². The molecule has 0 aliphatic rings. The van der Waals surface area contributed by atoms with E-state index >= 15 is 0 Å². The van der Waals surface area contributed by atoms with Gasteiger partial charge in [0.1, 0.15) is 5.01 Å². The summed E-state index contributed by atoms with van der Waals surface area (Å²) in [5.41, 5.74) is 3.38. The second-order valence-electron chi connectivity index (χ2n) is 3.84. The third kappa shape index (κ3) is 1.42. The lowest BCUT2D eigenvalue weighted by Gasteiger charge is -1.98. The van der Waals surface area contributed by atoms with Gasteiger partial charge in [-0.2, -0.15) is 5.10 Å². The van der Waals surface area contributed by atoms with E-state index in [0.29, 0.717) is 0 Å². The summed E-state index contributed by atoms with van der Waals surface area (Å²) in [6.45, 7) is 2.02. The molecule has 0 aliphatic heterocycles. The molecule has 2 aromatic heterocycles. The van der Waals surface area contributed by atoms with Gasteiger partial charge in [0, 0.05) is 29.1 Å². The van der Waals surface area contributed by atoms with Crippen LogP contribution in [0, 0.1) is 6.92 Å². The van der Waals surface area contributed by atoms with Gasteiger partial charge < -0.3 is 0 Å². The number of thiazole rings is 1. The van der Waals surface area contributed by atoms with E-state index in [1.165, 1.54) is 5.39 Å². The lowest BCUT2D eigenvalue weighted by molar-refractivity contribution is 0.797. The molecule has 3 nitrogen and oxygen atoms in total. The zero-order valence-electron chi connectivity index (χ0n) is 9.14. The van der Waals surface area contributed by atoms with E-state index in [1.54, 1.807) is 11.3 Å². The van der Waals surface area contributed by atoms with Crippen molar-refractivity contribution < 1.29 is 0 Å². The lowest BCUT2D eigenvalue weighted by atomic mass is 10.2. The van der Waals surface area contributed by atoms with Crippen LogP contribution in [0.4, 0.5) is 0 Å². The molecule has 0 atom stereocenters. The fourth-order valence-corrected chi connectivity index (χ4v) is 2.56. The van der Waals surface area contributed by atoms with Gasteiger partial charge in [-0.25, -0.2) is 4.98 Å². The molecular formula is C12H11N3S. The summed E-state index contributed by atoms with van der Waals surface area (Å²) in [6.07, 6.45) is 1.88. The summed E-state index contributed by atoms with van der Waals surface area (Å²) in [5.74, 6) is 0. The highest BCUT2D eigenvalue weighted by Crippen LogP contribution is 2.26.